The average molecular weight is 329 g/mol. The highest BCUT2D eigenvalue weighted by molar-refractivity contribution is 7.15. The second kappa shape index (κ2) is 6.87. The Balaban J connectivity index is 0.00000161. The lowest BCUT2D eigenvalue weighted by molar-refractivity contribution is 0.312. The number of likely N-dealkylation sites (tertiary alicyclic amines) is 1. The third-order valence-corrected chi connectivity index (χ3v) is 4.82. The lowest BCUT2D eigenvalue weighted by Crippen LogP contribution is -2.25. The first kappa shape index (κ1) is 16.4. The van der Waals surface area contributed by atoms with Crippen LogP contribution in [-0.4, -0.2) is 41.0 Å². The van der Waals surface area contributed by atoms with Crippen molar-refractivity contribution in [3.63, 3.8) is 0 Å². The Morgan fingerprint density at radius 3 is 3.10 bits per heavy atom. The number of nitrogens with zero attached hydrogens (tertiary/aromatic N) is 3. The number of thiazole rings is 1. The zero-order valence-corrected chi connectivity index (χ0v) is 14.0. The molecule has 1 aliphatic rings. The van der Waals surface area contributed by atoms with Crippen molar-refractivity contribution in [1.29, 1.82) is 0 Å². The van der Waals surface area contributed by atoms with Gasteiger partial charge in [-0.2, -0.15) is 0 Å². The third kappa shape index (κ3) is 3.45. The van der Waals surface area contributed by atoms with Crippen molar-refractivity contribution in [2.24, 2.45) is 5.92 Å². The maximum Gasteiger partial charge on any atom is 0.259 e. The van der Waals surface area contributed by atoms with E-state index >= 15 is 0 Å². The van der Waals surface area contributed by atoms with Crippen LogP contribution in [-0.2, 0) is 6.54 Å². The number of hydrogen-bond acceptors (Lipinski definition) is 5. The molecule has 1 saturated heterocycles. The monoisotopic (exact) mass is 328 g/mol. The second-order valence-corrected chi connectivity index (χ2v) is 6.36. The summed E-state index contributed by atoms with van der Waals surface area (Å²) in [6.07, 6.45) is 1.22. The van der Waals surface area contributed by atoms with Crippen molar-refractivity contribution in [2.75, 3.05) is 26.7 Å². The topological polar surface area (TPSA) is 49.6 Å². The molecular weight excluding hydrogens is 308 g/mol. The van der Waals surface area contributed by atoms with Gasteiger partial charge in [0.2, 0.25) is 0 Å². The number of fused-ring (bicyclic) bond motifs is 1. The minimum Gasteiger partial charge on any atom is -0.319 e. The standard InChI is InChI=1S/C14H20N4OS.ClH/c1-10-9-20-14-16-12(5-13(19)18(10)14)8-17-4-3-11(7-17)6-15-2;/h5,9,11,15H,3-4,6-8H2,1-2H3;1H. The molecule has 0 spiro atoms. The summed E-state index contributed by atoms with van der Waals surface area (Å²) in [5.41, 5.74) is 1.89. The molecule has 116 valence electrons. The van der Waals surface area contributed by atoms with Crippen LogP contribution < -0.4 is 10.9 Å². The minimum absolute atomic E-state index is 0. The molecule has 0 bridgehead atoms. The molecule has 2 aromatic rings. The zero-order valence-electron chi connectivity index (χ0n) is 12.3. The molecule has 2 aromatic heterocycles. The van der Waals surface area contributed by atoms with E-state index in [-0.39, 0.29) is 18.0 Å². The van der Waals surface area contributed by atoms with Crippen molar-refractivity contribution < 1.29 is 0 Å². The maximum absolute atomic E-state index is 12.1. The van der Waals surface area contributed by atoms with E-state index < -0.39 is 0 Å². The Morgan fingerprint density at radius 1 is 1.52 bits per heavy atom. The van der Waals surface area contributed by atoms with Gasteiger partial charge in [0.05, 0.1) is 5.69 Å². The fourth-order valence-electron chi connectivity index (χ4n) is 2.92. The Bertz CT molecular complexity index is 669. The summed E-state index contributed by atoms with van der Waals surface area (Å²) < 4.78 is 1.68. The number of halogens is 1. The highest BCUT2D eigenvalue weighted by Gasteiger charge is 2.22. The van der Waals surface area contributed by atoms with Crippen LogP contribution in [0.5, 0.6) is 0 Å². The van der Waals surface area contributed by atoms with Crippen LogP contribution in [0.3, 0.4) is 0 Å². The van der Waals surface area contributed by atoms with E-state index in [0.29, 0.717) is 5.92 Å². The van der Waals surface area contributed by atoms with Gasteiger partial charge in [0.1, 0.15) is 0 Å². The zero-order chi connectivity index (χ0) is 14.1. The van der Waals surface area contributed by atoms with Gasteiger partial charge in [0.25, 0.3) is 5.56 Å². The predicted molar refractivity (Wildman–Crippen MR) is 88.6 cm³/mol. The summed E-state index contributed by atoms with van der Waals surface area (Å²) in [5.74, 6) is 0.716. The molecule has 5 nitrogen and oxygen atoms in total. The summed E-state index contributed by atoms with van der Waals surface area (Å²) in [4.78, 5) is 19.9. The maximum atomic E-state index is 12.1. The first-order valence-corrected chi connectivity index (χ1v) is 7.89. The molecule has 0 aromatic carbocycles. The van der Waals surface area contributed by atoms with Gasteiger partial charge < -0.3 is 5.32 Å². The van der Waals surface area contributed by atoms with Crippen molar-refractivity contribution in [3.05, 3.63) is 33.2 Å². The SMILES string of the molecule is CNCC1CCN(Cc2cc(=O)n3c(C)csc3n2)C1.Cl. The Morgan fingerprint density at radius 2 is 2.33 bits per heavy atom. The molecule has 21 heavy (non-hydrogen) atoms. The predicted octanol–water partition coefficient (Wildman–Crippen LogP) is 1.53. The molecule has 1 unspecified atom stereocenters. The molecule has 1 aliphatic heterocycles. The molecule has 1 N–H and O–H groups in total. The first-order valence-electron chi connectivity index (χ1n) is 7.01. The Kier molecular flexibility index (Phi) is 5.37. The Hall–Kier alpha value is -0.950. The van der Waals surface area contributed by atoms with E-state index in [2.05, 4.69) is 15.2 Å². The van der Waals surface area contributed by atoms with Gasteiger partial charge in [0, 0.05) is 30.2 Å². The van der Waals surface area contributed by atoms with Crippen LogP contribution in [0.2, 0.25) is 0 Å². The van der Waals surface area contributed by atoms with E-state index in [9.17, 15) is 4.79 Å². The van der Waals surface area contributed by atoms with Crippen LogP contribution in [0.15, 0.2) is 16.2 Å². The molecule has 0 amide bonds. The van der Waals surface area contributed by atoms with Gasteiger partial charge in [-0.1, -0.05) is 0 Å². The number of nitrogens with one attached hydrogen (secondary N) is 1. The number of rotatable bonds is 4. The van der Waals surface area contributed by atoms with Crippen LogP contribution in [0, 0.1) is 12.8 Å². The third-order valence-electron chi connectivity index (χ3n) is 3.88. The first-order chi connectivity index (χ1) is 9.67. The summed E-state index contributed by atoms with van der Waals surface area (Å²) in [6, 6.07) is 1.68. The number of aromatic nitrogens is 2. The van der Waals surface area contributed by atoms with E-state index in [4.69, 9.17) is 0 Å². The molecule has 0 aliphatic carbocycles. The van der Waals surface area contributed by atoms with Crippen molar-refractivity contribution >= 4 is 28.7 Å². The molecule has 0 radical (unpaired) electrons. The normalized spacial score (nSPS) is 19.0. The van der Waals surface area contributed by atoms with Gasteiger partial charge in [0.15, 0.2) is 4.96 Å². The molecule has 3 heterocycles. The van der Waals surface area contributed by atoms with Gasteiger partial charge in [-0.3, -0.25) is 14.1 Å². The molecular formula is C14H21ClN4OS. The largest absolute Gasteiger partial charge is 0.319 e. The summed E-state index contributed by atoms with van der Waals surface area (Å²) in [6.45, 7) is 5.97. The second-order valence-electron chi connectivity index (χ2n) is 5.53. The van der Waals surface area contributed by atoms with Gasteiger partial charge in [-0.05, 0) is 39.4 Å². The number of aryl methyl sites for hydroxylation is 1. The molecule has 1 fully saturated rings. The van der Waals surface area contributed by atoms with Crippen molar-refractivity contribution in [1.82, 2.24) is 19.6 Å². The van der Waals surface area contributed by atoms with Crippen LogP contribution in [0.25, 0.3) is 4.96 Å². The van der Waals surface area contributed by atoms with Gasteiger partial charge in [-0.25, -0.2) is 4.98 Å². The van der Waals surface area contributed by atoms with Gasteiger partial charge >= 0.3 is 0 Å². The highest BCUT2D eigenvalue weighted by atomic mass is 35.5. The van der Waals surface area contributed by atoms with Gasteiger partial charge in [-0.15, -0.1) is 23.7 Å². The molecule has 3 rings (SSSR count). The minimum atomic E-state index is 0. The van der Waals surface area contributed by atoms with E-state index in [0.717, 1.165) is 42.5 Å². The van der Waals surface area contributed by atoms with Crippen LogP contribution in [0.1, 0.15) is 17.8 Å². The fourth-order valence-corrected chi connectivity index (χ4v) is 3.81. The Labute approximate surface area is 134 Å². The molecule has 1 atom stereocenters. The van der Waals surface area contributed by atoms with Crippen LogP contribution in [0.4, 0.5) is 0 Å². The molecule has 0 saturated carbocycles. The lowest BCUT2D eigenvalue weighted by Gasteiger charge is -2.15. The smallest absolute Gasteiger partial charge is 0.259 e. The van der Waals surface area contributed by atoms with E-state index in [1.54, 1.807) is 10.5 Å². The fraction of sp³-hybridized carbons (Fsp3) is 0.571. The van der Waals surface area contributed by atoms with E-state index in [1.165, 1.54) is 17.8 Å². The quantitative estimate of drug-likeness (QED) is 0.924. The summed E-state index contributed by atoms with van der Waals surface area (Å²) >= 11 is 1.53. The van der Waals surface area contributed by atoms with E-state index in [1.807, 2.05) is 19.4 Å². The lowest BCUT2D eigenvalue weighted by atomic mass is 10.1. The van der Waals surface area contributed by atoms with Crippen molar-refractivity contribution in [2.45, 2.75) is 19.9 Å². The average Bonchev–Trinajstić information content (AvgIpc) is 2.98. The number of hydrogen-bond donors (Lipinski definition) is 1. The van der Waals surface area contributed by atoms with Crippen molar-refractivity contribution in [3.8, 4) is 0 Å². The van der Waals surface area contributed by atoms with Crippen LogP contribution >= 0.6 is 23.7 Å². The summed E-state index contributed by atoms with van der Waals surface area (Å²) in [5, 5.41) is 5.21. The molecule has 7 heteroatoms. The highest BCUT2D eigenvalue weighted by Crippen LogP contribution is 2.18. The summed E-state index contributed by atoms with van der Waals surface area (Å²) in [7, 11) is 2.00.